The molecule has 0 spiro atoms. The van der Waals surface area contributed by atoms with Crippen molar-refractivity contribution in [1.29, 1.82) is 0 Å². The zero-order chi connectivity index (χ0) is 23.4. The number of carbonyl (C=O) groups is 2. The molecule has 0 saturated carbocycles. The molecule has 0 aliphatic heterocycles. The molecule has 1 aromatic carbocycles. The van der Waals surface area contributed by atoms with Crippen LogP contribution in [-0.2, 0) is 25.7 Å². The van der Waals surface area contributed by atoms with Crippen LogP contribution in [0.15, 0.2) is 30.3 Å². The summed E-state index contributed by atoms with van der Waals surface area (Å²) in [6, 6.07) is 10.2. The summed E-state index contributed by atoms with van der Waals surface area (Å²) < 4.78 is 11.4. The zero-order valence-corrected chi connectivity index (χ0v) is 20.2. The molecule has 32 heavy (non-hydrogen) atoms. The molecule has 1 aromatic rings. The van der Waals surface area contributed by atoms with Gasteiger partial charge in [0.2, 0.25) is 0 Å². The minimum Gasteiger partial charge on any atom is -0.481 e. The normalized spacial score (nSPS) is 12.9. The maximum atomic E-state index is 11.3. The van der Waals surface area contributed by atoms with Gasteiger partial charge in [0, 0.05) is 6.92 Å². The standard InChI is InChI=1S/C27H44O5/c1-3-4-5-6-7-8-9-10-14-18-25(31-22-24-16-12-11-13-17-24)19-15-20-26(21-27(29)30)32-23(2)28/h11-13,16-17,25-26H,3-10,14-15,18-22H2,1-2H3,(H,29,30). The average molecular weight is 449 g/mol. The van der Waals surface area contributed by atoms with Crippen molar-refractivity contribution in [3.63, 3.8) is 0 Å². The summed E-state index contributed by atoms with van der Waals surface area (Å²) in [6.07, 6.45) is 14.3. The molecule has 5 nitrogen and oxygen atoms in total. The Morgan fingerprint density at radius 2 is 1.38 bits per heavy atom. The molecular weight excluding hydrogens is 404 g/mol. The van der Waals surface area contributed by atoms with Crippen molar-refractivity contribution >= 4 is 11.9 Å². The third-order valence-corrected chi connectivity index (χ3v) is 5.75. The molecule has 5 heteroatoms. The summed E-state index contributed by atoms with van der Waals surface area (Å²) in [5, 5.41) is 9.05. The number of ether oxygens (including phenoxy) is 2. The number of unbranched alkanes of at least 4 members (excludes halogenated alkanes) is 8. The van der Waals surface area contributed by atoms with E-state index in [4.69, 9.17) is 14.6 Å². The van der Waals surface area contributed by atoms with Gasteiger partial charge in [0.15, 0.2) is 0 Å². The number of benzene rings is 1. The second-order valence-corrected chi connectivity index (χ2v) is 8.80. The monoisotopic (exact) mass is 448 g/mol. The van der Waals surface area contributed by atoms with E-state index in [1.54, 1.807) is 0 Å². The maximum absolute atomic E-state index is 11.3. The van der Waals surface area contributed by atoms with Gasteiger partial charge in [-0.2, -0.15) is 0 Å². The van der Waals surface area contributed by atoms with Gasteiger partial charge in [0.05, 0.1) is 19.1 Å². The maximum Gasteiger partial charge on any atom is 0.307 e. The molecule has 1 N–H and O–H groups in total. The quantitative estimate of drug-likeness (QED) is 0.171. The van der Waals surface area contributed by atoms with Crippen LogP contribution < -0.4 is 0 Å². The molecule has 0 fully saturated rings. The Bertz CT molecular complexity index is 585. The number of carboxylic acid groups (broad SMARTS) is 1. The predicted molar refractivity (Wildman–Crippen MR) is 129 cm³/mol. The molecule has 0 amide bonds. The van der Waals surface area contributed by atoms with Gasteiger partial charge in [-0.1, -0.05) is 95.0 Å². The van der Waals surface area contributed by atoms with E-state index >= 15 is 0 Å². The number of esters is 1. The van der Waals surface area contributed by atoms with E-state index in [2.05, 4.69) is 19.1 Å². The van der Waals surface area contributed by atoms with Crippen LogP contribution in [0, 0.1) is 0 Å². The highest BCUT2D eigenvalue weighted by Gasteiger charge is 2.18. The first-order valence-corrected chi connectivity index (χ1v) is 12.6. The average Bonchev–Trinajstić information content (AvgIpc) is 2.75. The lowest BCUT2D eigenvalue weighted by Crippen LogP contribution is -2.21. The van der Waals surface area contributed by atoms with E-state index in [9.17, 15) is 9.59 Å². The molecular formula is C27H44O5. The first kappa shape index (κ1) is 28.2. The van der Waals surface area contributed by atoms with Crippen LogP contribution in [0.5, 0.6) is 0 Å². The summed E-state index contributed by atoms with van der Waals surface area (Å²) in [6.45, 7) is 4.16. The Morgan fingerprint density at radius 3 is 1.97 bits per heavy atom. The highest BCUT2D eigenvalue weighted by Crippen LogP contribution is 2.19. The molecule has 0 heterocycles. The van der Waals surface area contributed by atoms with Crippen LogP contribution in [0.1, 0.15) is 109 Å². The fourth-order valence-electron chi connectivity index (χ4n) is 3.99. The van der Waals surface area contributed by atoms with Gasteiger partial charge in [-0.15, -0.1) is 0 Å². The van der Waals surface area contributed by atoms with Crippen LogP contribution in [-0.4, -0.2) is 29.3 Å². The lowest BCUT2D eigenvalue weighted by Gasteiger charge is -2.20. The highest BCUT2D eigenvalue weighted by atomic mass is 16.5. The third-order valence-electron chi connectivity index (χ3n) is 5.75. The Labute approximate surface area is 194 Å². The largest absolute Gasteiger partial charge is 0.481 e. The van der Waals surface area contributed by atoms with E-state index in [1.807, 2.05) is 18.2 Å². The SMILES string of the molecule is CCCCCCCCCCCC(CCCC(CC(=O)O)OC(C)=O)OCc1ccccc1. The fourth-order valence-corrected chi connectivity index (χ4v) is 3.99. The van der Waals surface area contributed by atoms with E-state index in [0.717, 1.165) is 31.2 Å². The van der Waals surface area contributed by atoms with E-state index in [0.29, 0.717) is 13.0 Å². The minimum atomic E-state index is -0.942. The van der Waals surface area contributed by atoms with Crippen molar-refractivity contribution in [2.45, 2.75) is 123 Å². The Balaban J connectivity index is 2.38. The molecule has 0 bridgehead atoms. The fraction of sp³-hybridized carbons (Fsp3) is 0.704. The lowest BCUT2D eigenvalue weighted by molar-refractivity contribution is -0.151. The zero-order valence-electron chi connectivity index (χ0n) is 20.2. The number of carbonyl (C=O) groups excluding carboxylic acids is 1. The van der Waals surface area contributed by atoms with Crippen LogP contribution in [0.2, 0.25) is 0 Å². The second kappa shape index (κ2) is 18.7. The van der Waals surface area contributed by atoms with Crippen molar-refractivity contribution in [2.24, 2.45) is 0 Å². The van der Waals surface area contributed by atoms with Crippen molar-refractivity contribution in [3.8, 4) is 0 Å². The summed E-state index contributed by atoms with van der Waals surface area (Å²) in [5.74, 6) is -1.37. The van der Waals surface area contributed by atoms with Crippen LogP contribution >= 0.6 is 0 Å². The van der Waals surface area contributed by atoms with E-state index in [-0.39, 0.29) is 12.5 Å². The van der Waals surface area contributed by atoms with Crippen LogP contribution in [0.3, 0.4) is 0 Å². The van der Waals surface area contributed by atoms with Gasteiger partial charge in [0.1, 0.15) is 6.10 Å². The van der Waals surface area contributed by atoms with Crippen molar-refractivity contribution in [2.75, 3.05) is 0 Å². The number of hydrogen-bond donors (Lipinski definition) is 1. The molecule has 2 unspecified atom stereocenters. The molecule has 0 aromatic heterocycles. The summed E-state index contributed by atoms with van der Waals surface area (Å²) in [7, 11) is 0. The molecule has 2 atom stereocenters. The van der Waals surface area contributed by atoms with Crippen molar-refractivity contribution in [3.05, 3.63) is 35.9 Å². The number of hydrogen-bond acceptors (Lipinski definition) is 4. The molecule has 0 saturated heterocycles. The third kappa shape index (κ3) is 15.9. The lowest BCUT2D eigenvalue weighted by atomic mass is 10.0. The van der Waals surface area contributed by atoms with Crippen molar-refractivity contribution in [1.82, 2.24) is 0 Å². The Kier molecular flexibility index (Phi) is 16.4. The smallest absolute Gasteiger partial charge is 0.307 e. The van der Waals surface area contributed by atoms with Crippen molar-refractivity contribution < 1.29 is 24.2 Å². The summed E-state index contributed by atoms with van der Waals surface area (Å²) >= 11 is 0. The molecule has 0 aliphatic rings. The van der Waals surface area contributed by atoms with Crippen LogP contribution in [0.4, 0.5) is 0 Å². The Hall–Kier alpha value is -1.88. The van der Waals surface area contributed by atoms with Gasteiger partial charge in [-0.3, -0.25) is 9.59 Å². The number of rotatable bonds is 20. The molecule has 0 radical (unpaired) electrons. The second-order valence-electron chi connectivity index (χ2n) is 8.80. The highest BCUT2D eigenvalue weighted by molar-refractivity contribution is 5.69. The van der Waals surface area contributed by atoms with E-state index in [1.165, 1.54) is 58.3 Å². The van der Waals surface area contributed by atoms with Gasteiger partial charge in [-0.25, -0.2) is 0 Å². The van der Waals surface area contributed by atoms with Gasteiger partial charge in [0.25, 0.3) is 0 Å². The number of carboxylic acids is 1. The minimum absolute atomic E-state index is 0.141. The Morgan fingerprint density at radius 1 is 0.812 bits per heavy atom. The molecule has 1 rings (SSSR count). The first-order chi connectivity index (χ1) is 15.5. The summed E-state index contributed by atoms with van der Waals surface area (Å²) in [4.78, 5) is 22.3. The predicted octanol–water partition coefficient (Wildman–Crippen LogP) is 7.07. The summed E-state index contributed by atoms with van der Waals surface area (Å²) in [5.41, 5.74) is 1.16. The van der Waals surface area contributed by atoms with E-state index < -0.39 is 18.0 Å². The number of aliphatic carboxylic acids is 1. The van der Waals surface area contributed by atoms with Gasteiger partial charge >= 0.3 is 11.9 Å². The topological polar surface area (TPSA) is 72.8 Å². The van der Waals surface area contributed by atoms with Crippen LogP contribution in [0.25, 0.3) is 0 Å². The first-order valence-electron chi connectivity index (χ1n) is 12.6. The molecule has 0 aliphatic carbocycles. The van der Waals surface area contributed by atoms with Gasteiger partial charge in [-0.05, 0) is 31.2 Å². The molecule has 182 valence electrons. The van der Waals surface area contributed by atoms with Gasteiger partial charge < -0.3 is 14.6 Å².